The molecule has 0 aromatic heterocycles. The molecule has 1 aliphatic carbocycles. The van der Waals surface area contributed by atoms with Crippen molar-refractivity contribution < 1.29 is 9.53 Å². The lowest BCUT2D eigenvalue weighted by Crippen LogP contribution is -2.49. The average molecular weight is 259 g/mol. The molecular weight excluding hydrogens is 238 g/mol. The minimum absolute atomic E-state index is 0.00791. The number of amides is 1. The predicted molar refractivity (Wildman–Crippen MR) is 70.9 cm³/mol. The summed E-state index contributed by atoms with van der Waals surface area (Å²) in [4.78, 5) is 11.6. The molecule has 6 heteroatoms. The quantitative estimate of drug-likeness (QED) is 0.449. The van der Waals surface area contributed by atoms with Gasteiger partial charge in [-0.3, -0.25) is 4.79 Å². The first-order chi connectivity index (χ1) is 8.13. The van der Waals surface area contributed by atoms with E-state index >= 15 is 0 Å². The molecule has 1 unspecified atom stereocenters. The fraction of sp³-hybridized carbons (Fsp3) is 0.818. The van der Waals surface area contributed by atoms with E-state index in [9.17, 15) is 4.79 Å². The Morgan fingerprint density at radius 2 is 2.24 bits per heavy atom. The minimum Gasteiger partial charge on any atom is -0.385 e. The van der Waals surface area contributed by atoms with E-state index in [-0.39, 0.29) is 11.9 Å². The number of carbonyl (C=O) groups excluding carboxylic acids is 1. The summed E-state index contributed by atoms with van der Waals surface area (Å²) in [6.07, 6.45) is 3.08. The number of nitrogens with one attached hydrogen (secondary N) is 3. The second kappa shape index (κ2) is 7.45. The standard InChI is InChI=1S/C11H21N3O2S/c1-8(10(15)14-9-4-5-9)13-11(17)12-6-3-7-16-2/h8-9H,3-7H2,1-2H3,(H,14,15)(H2,12,13,17). The maximum Gasteiger partial charge on any atom is 0.242 e. The number of hydrogen-bond acceptors (Lipinski definition) is 3. The van der Waals surface area contributed by atoms with Gasteiger partial charge in [0.1, 0.15) is 6.04 Å². The molecular formula is C11H21N3O2S. The van der Waals surface area contributed by atoms with Crippen LogP contribution in [-0.4, -0.2) is 43.4 Å². The molecule has 98 valence electrons. The van der Waals surface area contributed by atoms with Crippen LogP contribution in [0.15, 0.2) is 0 Å². The zero-order valence-electron chi connectivity index (χ0n) is 10.4. The number of hydrogen-bond donors (Lipinski definition) is 3. The first-order valence-corrected chi connectivity index (χ1v) is 6.38. The lowest BCUT2D eigenvalue weighted by molar-refractivity contribution is -0.122. The van der Waals surface area contributed by atoms with Crippen molar-refractivity contribution in [2.75, 3.05) is 20.3 Å². The van der Waals surface area contributed by atoms with E-state index in [1.54, 1.807) is 14.0 Å². The van der Waals surface area contributed by atoms with Gasteiger partial charge >= 0.3 is 0 Å². The molecule has 0 aromatic rings. The molecule has 0 heterocycles. The topological polar surface area (TPSA) is 62.4 Å². The van der Waals surface area contributed by atoms with Crippen LogP contribution in [0.25, 0.3) is 0 Å². The van der Waals surface area contributed by atoms with Crippen LogP contribution in [0.5, 0.6) is 0 Å². The Hall–Kier alpha value is -0.880. The Kier molecular flexibility index (Phi) is 6.21. The minimum atomic E-state index is -0.293. The van der Waals surface area contributed by atoms with Gasteiger partial charge in [0.05, 0.1) is 0 Å². The molecule has 1 amide bonds. The Bertz CT molecular complexity index is 269. The maximum absolute atomic E-state index is 11.6. The molecule has 17 heavy (non-hydrogen) atoms. The van der Waals surface area contributed by atoms with Crippen molar-refractivity contribution in [2.45, 2.75) is 38.3 Å². The van der Waals surface area contributed by atoms with Crippen LogP contribution in [0.1, 0.15) is 26.2 Å². The van der Waals surface area contributed by atoms with E-state index < -0.39 is 0 Å². The molecule has 3 N–H and O–H groups in total. The summed E-state index contributed by atoms with van der Waals surface area (Å²) in [5.41, 5.74) is 0. The summed E-state index contributed by atoms with van der Waals surface area (Å²) in [6, 6.07) is 0.0907. The SMILES string of the molecule is COCCCNC(=S)NC(C)C(=O)NC1CC1. The molecule has 5 nitrogen and oxygen atoms in total. The van der Waals surface area contributed by atoms with Crippen LogP contribution < -0.4 is 16.0 Å². The molecule has 1 rings (SSSR count). The molecule has 0 aliphatic heterocycles. The van der Waals surface area contributed by atoms with Gasteiger partial charge in [-0.25, -0.2) is 0 Å². The average Bonchev–Trinajstić information content (AvgIpc) is 3.08. The van der Waals surface area contributed by atoms with E-state index in [1.807, 2.05) is 0 Å². The zero-order chi connectivity index (χ0) is 12.7. The third-order valence-electron chi connectivity index (χ3n) is 2.48. The van der Waals surface area contributed by atoms with Crippen molar-refractivity contribution in [2.24, 2.45) is 0 Å². The predicted octanol–water partition coefficient (Wildman–Crippen LogP) is 0.154. The van der Waals surface area contributed by atoms with Crippen LogP contribution in [0.2, 0.25) is 0 Å². The molecule has 0 bridgehead atoms. The van der Waals surface area contributed by atoms with E-state index in [0.29, 0.717) is 17.8 Å². The van der Waals surface area contributed by atoms with E-state index in [0.717, 1.165) is 25.8 Å². The van der Waals surface area contributed by atoms with Crippen LogP contribution in [0.3, 0.4) is 0 Å². The van der Waals surface area contributed by atoms with Crippen molar-refractivity contribution in [3.8, 4) is 0 Å². The summed E-state index contributed by atoms with van der Waals surface area (Å²) < 4.78 is 4.93. The monoisotopic (exact) mass is 259 g/mol. The highest BCUT2D eigenvalue weighted by atomic mass is 32.1. The summed E-state index contributed by atoms with van der Waals surface area (Å²) >= 11 is 5.09. The van der Waals surface area contributed by atoms with Crippen molar-refractivity contribution in [3.63, 3.8) is 0 Å². The van der Waals surface area contributed by atoms with E-state index in [1.165, 1.54) is 0 Å². The first-order valence-electron chi connectivity index (χ1n) is 5.97. The molecule has 0 saturated heterocycles. The molecule has 0 radical (unpaired) electrons. The lowest BCUT2D eigenvalue weighted by atomic mass is 10.3. The van der Waals surface area contributed by atoms with Crippen molar-refractivity contribution >= 4 is 23.2 Å². The normalized spacial score (nSPS) is 16.1. The first kappa shape index (κ1) is 14.2. The van der Waals surface area contributed by atoms with Crippen LogP contribution in [0, 0.1) is 0 Å². The Labute approximate surface area is 108 Å². The van der Waals surface area contributed by atoms with Crippen molar-refractivity contribution in [1.29, 1.82) is 0 Å². The highest BCUT2D eigenvalue weighted by molar-refractivity contribution is 7.80. The number of methoxy groups -OCH3 is 1. The number of rotatable bonds is 7. The van der Waals surface area contributed by atoms with E-state index in [2.05, 4.69) is 16.0 Å². The summed E-state index contributed by atoms with van der Waals surface area (Å²) in [6.45, 7) is 3.25. The lowest BCUT2D eigenvalue weighted by Gasteiger charge is -2.16. The Balaban J connectivity index is 2.08. The third kappa shape index (κ3) is 6.43. The van der Waals surface area contributed by atoms with Gasteiger partial charge in [-0.1, -0.05) is 0 Å². The van der Waals surface area contributed by atoms with Crippen LogP contribution >= 0.6 is 12.2 Å². The maximum atomic E-state index is 11.6. The van der Waals surface area contributed by atoms with Gasteiger partial charge in [0.2, 0.25) is 5.91 Å². The second-order valence-electron chi connectivity index (χ2n) is 4.25. The zero-order valence-corrected chi connectivity index (χ0v) is 11.2. The molecule has 1 atom stereocenters. The van der Waals surface area contributed by atoms with Crippen LogP contribution in [-0.2, 0) is 9.53 Å². The molecule has 1 fully saturated rings. The number of ether oxygens (including phenoxy) is 1. The van der Waals surface area contributed by atoms with E-state index in [4.69, 9.17) is 17.0 Å². The van der Waals surface area contributed by atoms with Gasteiger partial charge in [-0.2, -0.15) is 0 Å². The summed E-state index contributed by atoms with van der Waals surface area (Å²) in [7, 11) is 1.67. The largest absolute Gasteiger partial charge is 0.385 e. The van der Waals surface area contributed by atoms with Gasteiger partial charge in [0.15, 0.2) is 5.11 Å². The van der Waals surface area contributed by atoms with Gasteiger partial charge in [0, 0.05) is 26.3 Å². The fourth-order valence-corrected chi connectivity index (χ4v) is 1.56. The summed E-state index contributed by atoms with van der Waals surface area (Å²) in [5.74, 6) is 0.00791. The Morgan fingerprint density at radius 3 is 2.82 bits per heavy atom. The van der Waals surface area contributed by atoms with Gasteiger partial charge in [-0.05, 0) is 38.4 Å². The van der Waals surface area contributed by atoms with Crippen molar-refractivity contribution in [1.82, 2.24) is 16.0 Å². The van der Waals surface area contributed by atoms with Crippen LogP contribution in [0.4, 0.5) is 0 Å². The highest BCUT2D eigenvalue weighted by Crippen LogP contribution is 2.18. The molecule has 0 spiro atoms. The second-order valence-corrected chi connectivity index (χ2v) is 4.66. The highest BCUT2D eigenvalue weighted by Gasteiger charge is 2.25. The van der Waals surface area contributed by atoms with Gasteiger partial charge in [0.25, 0.3) is 0 Å². The molecule has 1 saturated carbocycles. The number of carbonyl (C=O) groups is 1. The molecule has 0 aromatic carbocycles. The number of thiocarbonyl (C=S) groups is 1. The molecule has 1 aliphatic rings. The van der Waals surface area contributed by atoms with Gasteiger partial charge < -0.3 is 20.7 Å². The van der Waals surface area contributed by atoms with Crippen molar-refractivity contribution in [3.05, 3.63) is 0 Å². The van der Waals surface area contributed by atoms with Gasteiger partial charge in [-0.15, -0.1) is 0 Å². The fourth-order valence-electron chi connectivity index (χ4n) is 1.29. The Morgan fingerprint density at radius 1 is 1.53 bits per heavy atom. The smallest absolute Gasteiger partial charge is 0.242 e. The third-order valence-corrected chi connectivity index (χ3v) is 2.74. The summed E-state index contributed by atoms with van der Waals surface area (Å²) in [5, 5.41) is 9.43.